The Morgan fingerprint density at radius 2 is 1.89 bits per heavy atom. The van der Waals surface area contributed by atoms with Crippen molar-refractivity contribution in [2.75, 3.05) is 13.1 Å². The Bertz CT molecular complexity index is 433. The van der Waals surface area contributed by atoms with Crippen LogP contribution in [0.25, 0.3) is 0 Å². The molecule has 1 aromatic rings. The van der Waals surface area contributed by atoms with Gasteiger partial charge in [-0.1, -0.05) is 19.9 Å². The molecule has 0 aromatic heterocycles. The summed E-state index contributed by atoms with van der Waals surface area (Å²) in [4.78, 5) is 22.8. The predicted molar refractivity (Wildman–Crippen MR) is 66.6 cm³/mol. The van der Waals surface area contributed by atoms with E-state index in [9.17, 15) is 14.0 Å². The molecule has 2 N–H and O–H groups in total. The second-order valence-corrected chi connectivity index (χ2v) is 4.21. The molecule has 0 aliphatic carbocycles. The highest BCUT2D eigenvalue weighted by Gasteiger charge is 2.07. The highest BCUT2D eigenvalue weighted by atomic mass is 19.1. The van der Waals surface area contributed by atoms with Gasteiger partial charge >= 0.3 is 0 Å². The van der Waals surface area contributed by atoms with Gasteiger partial charge in [0.1, 0.15) is 5.82 Å². The zero-order valence-corrected chi connectivity index (χ0v) is 10.5. The summed E-state index contributed by atoms with van der Waals surface area (Å²) >= 11 is 0. The molecule has 0 aliphatic rings. The number of benzene rings is 1. The average Bonchev–Trinajstić information content (AvgIpc) is 2.33. The van der Waals surface area contributed by atoms with Crippen molar-refractivity contribution in [2.24, 2.45) is 5.92 Å². The average molecular weight is 252 g/mol. The van der Waals surface area contributed by atoms with Crippen LogP contribution in [0, 0.1) is 11.7 Å². The third-order valence-corrected chi connectivity index (χ3v) is 2.32. The quantitative estimate of drug-likeness (QED) is 0.777. The van der Waals surface area contributed by atoms with Gasteiger partial charge in [0.25, 0.3) is 5.91 Å². The van der Waals surface area contributed by atoms with Gasteiger partial charge < -0.3 is 10.6 Å². The van der Waals surface area contributed by atoms with E-state index in [2.05, 4.69) is 10.6 Å². The Labute approximate surface area is 106 Å². The third kappa shape index (κ3) is 4.53. The van der Waals surface area contributed by atoms with E-state index in [4.69, 9.17) is 0 Å². The second-order valence-electron chi connectivity index (χ2n) is 4.21. The van der Waals surface area contributed by atoms with Gasteiger partial charge in [0.05, 0.1) is 0 Å². The minimum absolute atomic E-state index is 0.0602. The first kappa shape index (κ1) is 14.2. The molecule has 0 bridgehead atoms. The standard InChI is InChI=1S/C13H17FN2O2/c1-9(2)12(17)15-6-7-16-13(18)10-4-3-5-11(14)8-10/h3-5,8-9H,6-7H2,1-2H3,(H,15,17)(H,16,18). The molecule has 0 atom stereocenters. The second kappa shape index (κ2) is 6.74. The van der Waals surface area contributed by atoms with Crippen LogP contribution in [-0.4, -0.2) is 24.9 Å². The molecule has 98 valence electrons. The number of amides is 2. The van der Waals surface area contributed by atoms with Gasteiger partial charge in [-0.15, -0.1) is 0 Å². The van der Waals surface area contributed by atoms with Crippen LogP contribution in [0.4, 0.5) is 4.39 Å². The van der Waals surface area contributed by atoms with Crippen molar-refractivity contribution in [1.82, 2.24) is 10.6 Å². The van der Waals surface area contributed by atoms with Crippen LogP contribution in [0.2, 0.25) is 0 Å². The Morgan fingerprint density at radius 3 is 2.50 bits per heavy atom. The lowest BCUT2D eigenvalue weighted by atomic mass is 10.2. The van der Waals surface area contributed by atoms with Crippen LogP contribution < -0.4 is 10.6 Å². The molecule has 0 fully saturated rings. The van der Waals surface area contributed by atoms with Crippen LogP contribution in [0.1, 0.15) is 24.2 Å². The molecule has 0 heterocycles. The maximum absolute atomic E-state index is 12.9. The molecule has 4 nitrogen and oxygen atoms in total. The summed E-state index contributed by atoms with van der Waals surface area (Å²) in [6, 6.07) is 5.46. The van der Waals surface area contributed by atoms with Crippen LogP contribution in [0.3, 0.4) is 0 Å². The van der Waals surface area contributed by atoms with Crippen molar-refractivity contribution in [1.29, 1.82) is 0 Å². The van der Waals surface area contributed by atoms with E-state index >= 15 is 0 Å². The van der Waals surface area contributed by atoms with E-state index < -0.39 is 5.82 Å². The molecule has 0 saturated carbocycles. The van der Waals surface area contributed by atoms with Crippen LogP contribution >= 0.6 is 0 Å². The summed E-state index contributed by atoms with van der Waals surface area (Å²) in [6.45, 7) is 4.26. The number of carbonyl (C=O) groups excluding carboxylic acids is 2. The van der Waals surface area contributed by atoms with Crippen LogP contribution in [0.15, 0.2) is 24.3 Å². The van der Waals surface area contributed by atoms with Gasteiger partial charge in [-0.3, -0.25) is 9.59 Å². The van der Waals surface area contributed by atoms with Crippen molar-refractivity contribution in [3.63, 3.8) is 0 Å². The molecule has 0 spiro atoms. The molecule has 2 amide bonds. The third-order valence-electron chi connectivity index (χ3n) is 2.32. The number of nitrogens with one attached hydrogen (secondary N) is 2. The Morgan fingerprint density at radius 1 is 1.22 bits per heavy atom. The van der Waals surface area contributed by atoms with Gasteiger partial charge in [0.15, 0.2) is 0 Å². The molecule has 1 aromatic carbocycles. The zero-order valence-electron chi connectivity index (χ0n) is 10.5. The summed E-state index contributed by atoms with van der Waals surface area (Å²) in [6.07, 6.45) is 0. The van der Waals surface area contributed by atoms with Crippen molar-refractivity contribution in [3.05, 3.63) is 35.6 Å². The van der Waals surface area contributed by atoms with Gasteiger partial charge in [-0.25, -0.2) is 4.39 Å². The van der Waals surface area contributed by atoms with Crippen molar-refractivity contribution < 1.29 is 14.0 Å². The van der Waals surface area contributed by atoms with E-state index in [1.807, 2.05) is 0 Å². The van der Waals surface area contributed by atoms with Crippen molar-refractivity contribution in [2.45, 2.75) is 13.8 Å². The molecular weight excluding hydrogens is 235 g/mol. The molecule has 18 heavy (non-hydrogen) atoms. The molecule has 0 aliphatic heterocycles. The number of hydrogen-bond acceptors (Lipinski definition) is 2. The monoisotopic (exact) mass is 252 g/mol. The summed E-state index contributed by atoms with van der Waals surface area (Å²) < 4.78 is 12.9. The van der Waals surface area contributed by atoms with E-state index in [1.54, 1.807) is 13.8 Å². The van der Waals surface area contributed by atoms with Crippen molar-refractivity contribution >= 4 is 11.8 Å². The molecule has 5 heteroatoms. The summed E-state index contributed by atoms with van der Waals surface area (Å²) in [5, 5.41) is 5.27. The maximum Gasteiger partial charge on any atom is 0.251 e. The summed E-state index contributed by atoms with van der Waals surface area (Å²) in [7, 11) is 0. The number of hydrogen-bond donors (Lipinski definition) is 2. The highest BCUT2D eigenvalue weighted by Crippen LogP contribution is 2.02. The number of halogens is 1. The van der Waals surface area contributed by atoms with Crippen LogP contribution in [-0.2, 0) is 4.79 Å². The first-order valence-corrected chi connectivity index (χ1v) is 5.82. The fourth-order valence-corrected chi connectivity index (χ4v) is 1.30. The first-order valence-electron chi connectivity index (χ1n) is 5.82. The molecule has 0 radical (unpaired) electrons. The lowest BCUT2D eigenvalue weighted by Gasteiger charge is -2.08. The fraction of sp³-hybridized carbons (Fsp3) is 0.385. The molecule has 0 unspecified atom stereocenters. The predicted octanol–water partition coefficient (Wildman–Crippen LogP) is 1.33. The normalized spacial score (nSPS) is 10.2. The highest BCUT2D eigenvalue weighted by molar-refractivity contribution is 5.94. The smallest absolute Gasteiger partial charge is 0.251 e. The Hall–Kier alpha value is -1.91. The van der Waals surface area contributed by atoms with Crippen molar-refractivity contribution in [3.8, 4) is 0 Å². The fourth-order valence-electron chi connectivity index (χ4n) is 1.30. The largest absolute Gasteiger partial charge is 0.354 e. The lowest BCUT2D eigenvalue weighted by molar-refractivity contribution is -0.123. The topological polar surface area (TPSA) is 58.2 Å². The molecular formula is C13H17FN2O2. The molecule has 0 saturated heterocycles. The van der Waals surface area contributed by atoms with E-state index in [0.29, 0.717) is 13.1 Å². The zero-order chi connectivity index (χ0) is 13.5. The maximum atomic E-state index is 12.9. The Kier molecular flexibility index (Phi) is 5.30. The summed E-state index contributed by atoms with van der Waals surface area (Å²) in [5.41, 5.74) is 0.269. The van der Waals surface area contributed by atoms with E-state index in [-0.39, 0.29) is 23.3 Å². The lowest BCUT2D eigenvalue weighted by Crippen LogP contribution is -2.36. The van der Waals surface area contributed by atoms with Gasteiger partial charge in [0, 0.05) is 24.6 Å². The molecule has 1 rings (SSSR count). The first-order chi connectivity index (χ1) is 8.50. The van der Waals surface area contributed by atoms with E-state index in [0.717, 1.165) is 0 Å². The SMILES string of the molecule is CC(C)C(=O)NCCNC(=O)c1cccc(F)c1. The van der Waals surface area contributed by atoms with Gasteiger partial charge in [-0.05, 0) is 18.2 Å². The van der Waals surface area contributed by atoms with Gasteiger partial charge in [-0.2, -0.15) is 0 Å². The number of rotatable bonds is 5. The summed E-state index contributed by atoms with van der Waals surface area (Å²) in [5.74, 6) is -0.942. The van der Waals surface area contributed by atoms with Crippen LogP contribution in [0.5, 0.6) is 0 Å². The Balaban J connectivity index is 2.32. The van der Waals surface area contributed by atoms with Gasteiger partial charge in [0.2, 0.25) is 5.91 Å². The minimum atomic E-state index is -0.448. The van der Waals surface area contributed by atoms with E-state index in [1.165, 1.54) is 24.3 Å². The minimum Gasteiger partial charge on any atom is -0.354 e. The number of carbonyl (C=O) groups is 2.